The largest absolute Gasteiger partial charge is 2.00 e. The van der Waals surface area contributed by atoms with Crippen LogP contribution >= 0.6 is 0 Å². The Hall–Kier alpha value is 0.931. The van der Waals surface area contributed by atoms with Crippen LogP contribution in [0.4, 0.5) is 0 Å². The fourth-order valence-electron chi connectivity index (χ4n) is 0. The first-order valence-corrected chi connectivity index (χ1v) is 3.46. The van der Waals surface area contributed by atoms with Gasteiger partial charge in [-0.15, -0.1) is 0 Å². The molecule has 0 aromatic carbocycles. The molecule has 0 aliphatic heterocycles. The van der Waals surface area contributed by atoms with E-state index in [0.717, 1.165) is 9.52 Å². The molecule has 0 aliphatic carbocycles. The van der Waals surface area contributed by atoms with E-state index in [-0.39, 0.29) is 36.6 Å². The second-order valence-electron chi connectivity index (χ2n) is 0.577. The molecule has 2 heteroatoms. The first-order chi connectivity index (χ1) is 1.41. The van der Waals surface area contributed by atoms with Crippen LogP contribution in [0.2, 0.25) is 13.1 Å². The number of hydrogen-bond donors (Lipinski definition) is 0. The van der Waals surface area contributed by atoms with Gasteiger partial charge in [0.2, 0.25) is 0 Å². The second-order valence-corrected chi connectivity index (χ2v) is 1.73. The maximum absolute atomic E-state index is 2.21. The van der Waals surface area contributed by atoms with Crippen molar-refractivity contribution in [3.63, 3.8) is 0 Å². The van der Waals surface area contributed by atoms with E-state index in [0.29, 0.717) is 0 Å². The minimum Gasteiger partial charge on any atom is -0.358 e. The molecule has 0 atom stereocenters. The van der Waals surface area contributed by atoms with Gasteiger partial charge in [0, 0.05) is 9.52 Å². The Morgan fingerprint density at radius 2 is 1.00 bits per heavy atom. The standard InChI is InChI=1S/C2H7Si.2CH3.Ti/c1-3-2;;;/h3H,1-2H3;2*1H3;/q;2*-1;+2. The average Bonchev–Trinajstić information content (AvgIpc) is 0.918. The molecule has 0 aliphatic rings. The molecule has 0 aromatic rings. The quantitative estimate of drug-likeness (QED) is 0.350. The zero-order chi connectivity index (χ0) is 2.71. The topological polar surface area (TPSA) is 0 Å². The summed E-state index contributed by atoms with van der Waals surface area (Å²) in [4.78, 5) is 0. The third-order valence-electron chi connectivity index (χ3n) is 0. The molecule has 1 radical (unpaired) electrons. The molecule has 0 nitrogen and oxygen atoms in total. The predicted octanol–water partition coefficient (Wildman–Crippen LogP) is 1.42. The van der Waals surface area contributed by atoms with Gasteiger partial charge in [-0.3, -0.25) is 0 Å². The molecule has 0 spiro atoms. The third-order valence-corrected chi connectivity index (χ3v) is 0. The van der Waals surface area contributed by atoms with Gasteiger partial charge < -0.3 is 14.9 Å². The molecule has 0 fully saturated rings. The summed E-state index contributed by atoms with van der Waals surface area (Å²) in [5.74, 6) is 0. The van der Waals surface area contributed by atoms with Gasteiger partial charge in [-0.1, -0.05) is 13.1 Å². The summed E-state index contributed by atoms with van der Waals surface area (Å²) in [5, 5.41) is 0. The van der Waals surface area contributed by atoms with E-state index in [1.807, 2.05) is 0 Å². The Kier molecular flexibility index (Phi) is 183. The van der Waals surface area contributed by atoms with Gasteiger partial charge in [-0.05, 0) is 0 Å². The van der Waals surface area contributed by atoms with Gasteiger partial charge >= 0.3 is 21.7 Å². The van der Waals surface area contributed by atoms with Crippen LogP contribution in [0, 0.1) is 14.9 Å². The molecule has 0 unspecified atom stereocenters. The van der Waals surface area contributed by atoms with Crippen molar-refractivity contribution in [2.24, 2.45) is 0 Å². The zero-order valence-electron chi connectivity index (χ0n) is 5.08. The van der Waals surface area contributed by atoms with Crippen molar-refractivity contribution >= 4 is 9.52 Å². The molecular weight excluding hydrogens is 124 g/mol. The van der Waals surface area contributed by atoms with Crippen molar-refractivity contribution in [2.45, 2.75) is 13.1 Å². The summed E-state index contributed by atoms with van der Waals surface area (Å²) >= 11 is 0. The molecule has 0 bridgehead atoms. The van der Waals surface area contributed by atoms with Gasteiger partial charge in [0.25, 0.3) is 0 Å². The van der Waals surface area contributed by atoms with E-state index < -0.39 is 0 Å². The molecule has 0 aromatic heterocycles. The monoisotopic (exact) mass is 137 g/mol. The van der Waals surface area contributed by atoms with E-state index in [1.165, 1.54) is 0 Å². The first-order valence-electron chi connectivity index (χ1n) is 1.15. The van der Waals surface area contributed by atoms with Crippen LogP contribution in [0.25, 0.3) is 0 Å². The van der Waals surface area contributed by atoms with E-state index in [9.17, 15) is 0 Å². The fourth-order valence-corrected chi connectivity index (χ4v) is 0. The Labute approximate surface area is 59.4 Å². The molecule has 0 amide bonds. The Balaban J connectivity index is -0.00000000667. The van der Waals surface area contributed by atoms with Crippen molar-refractivity contribution < 1.29 is 21.7 Å². The Morgan fingerprint density at radius 1 is 1.00 bits per heavy atom. The summed E-state index contributed by atoms with van der Waals surface area (Å²) in [6.45, 7) is 4.42. The smallest absolute Gasteiger partial charge is 0.358 e. The van der Waals surface area contributed by atoms with Crippen LogP contribution in [-0.2, 0) is 21.7 Å². The fraction of sp³-hybridized carbons (Fsp3) is 0.500. The first kappa shape index (κ1) is 28.4. The molecule has 0 heterocycles. The molecule has 0 saturated carbocycles. The van der Waals surface area contributed by atoms with Gasteiger partial charge in [-0.25, -0.2) is 0 Å². The van der Waals surface area contributed by atoms with E-state index in [2.05, 4.69) is 13.1 Å². The van der Waals surface area contributed by atoms with Crippen molar-refractivity contribution in [2.75, 3.05) is 0 Å². The number of rotatable bonds is 0. The second kappa shape index (κ2) is 38.7. The summed E-state index contributed by atoms with van der Waals surface area (Å²) in [6.07, 6.45) is 0. The SMILES string of the molecule is C[SiH]C.[CH3-].[CH3-].[Ti+2]. The number of hydrogen-bond acceptors (Lipinski definition) is 0. The van der Waals surface area contributed by atoms with Crippen LogP contribution < -0.4 is 0 Å². The molecule has 6 heavy (non-hydrogen) atoms. The van der Waals surface area contributed by atoms with Gasteiger partial charge in [0.05, 0.1) is 0 Å². The van der Waals surface area contributed by atoms with Crippen LogP contribution in [0.5, 0.6) is 0 Å². The minimum absolute atomic E-state index is 0. The van der Waals surface area contributed by atoms with Gasteiger partial charge in [-0.2, -0.15) is 0 Å². The summed E-state index contributed by atoms with van der Waals surface area (Å²) in [7, 11) is 0.750. The third kappa shape index (κ3) is 87.9. The van der Waals surface area contributed by atoms with Gasteiger partial charge in [0.1, 0.15) is 0 Å². The molecule has 0 saturated heterocycles. The molecule has 0 rings (SSSR count). The average molecular weight is 137 g/mol. The van der Waals surface area contributed by atoms with Crippen molar-refractivity contribution in [3.05, 3.63) is 14.9 Å². The van der Waals surface area contributed by atoms with E-state index >= 15 is 0 Å². The summed E-state index contributed by atoms with van der Waals surface area (Å²) in [5.41, 5.74) is 0. The Morgan fingerprint density at radius 3 is 1.00 bits per heavy atom. The Bertz CT molecular complexity index is 7.51. The molecule has 0 N–H and O–H groups in total. The molecular formula is C4H13SiTi. The van der Waals surface area contributed by atoms with Crippen LogP contribution in [-0.4, -0.2) is 9.52 Å². The zero-order valence-corrected chi connectivity index (χ0v) is 7.79. The minimum atomic E-state index is 0. The van der Waals surface area contributed by atoms with E-state index in [4.69, 9.17) is 0 Å². The van der Waals surface area contributed by atoms with E-state index in [1.54, 1.807) is 0 Å². The maximum Gasteiger partial charge on any atom is 2.00 e. The predicted molar refractivity (Wildman–Crippen MR) is 31.7 cm³/mol. The normalized spacial score (nSPS) is 3.00. The maximum atomic E-state index is 2.21. The van der Waals surface area contributed by atoms with Crippen LogP contribution in [0.1, 0.15) is 0 Å². The van der Waals surface area contributed by atoms with Crippen LogP contribution in [0.15, 0.2) is 0 Å². The van der Waals surface area contributed by atoms with Gasteiger partial charge in [0.15, 0.2) is 0 Å². The van der Waals surface area contributed by atoms with Crippen molar-refractivity contribution in [3.8, 4) is 0 Å². The summed E-state index contributed by atoms with van der Waals surface area (Å²) < 4.78 is 0. The molecule has 37 valence electrons. The van der Waals surface area contributed by atoms with Crippen molar-refractivity contribution in [1.29, 1.82) is 0 Å². The van der Waals surface area contributed by atoms with Crippen LogP contribution in [0.3, 0.4) is 0 Å². The van der Waals surface area contributed by atoms with Crippen molar-refractivity contribution in [1.82, 2.24) is 0 Å². The summed E-state index contributed by atoms with van der Waals surface area (Å²) in [6, 6.07) is 0.